The summed E-state index contributed by atoms with van der Waals surface area (Å²) in [5, 5.41) is 3.23. The SMILES string of the molecule is CSC(C)(C)OC(=O)N1CCN(C(C)c2ccnc(Nc3nc4ccc(-c5cc(C(F)F)ncn5)cc4[nH]3)c2)CC1. The number of thioether (sulfide) groups is 1. The molecule has 1 atom stereocenters. The van der Waals surface area contributed by atoms with Crippen LogP contribution >= 0.6 is 11.8 Å². The van der Waals surface area contributed by atoms with Crippen LogP contribution in [-0.4, -0.2) is 78.2 Å². The number of benzene rings is 1. The predicted octanol–water partition coefficient (Wildman–Crippen LogP) is 6.01. The topological polar surface area (TPSA) is 112 Å². The van der Waals surface area contributed by atoms with Crippen molar-refractivity contribution in [3.63, 3.8) is 0 Å². The van der Waals surface area contributed by atoms with Crippen LogP contribution in [-0.2, 0) is 4.74 Å². The van der Waals surface area contributed by atoms with E-state index in [1.54, 1.807) is 23.2 Å². The Labute approximate surface area is 240 Å². The predicted molar refractivity (Wildman–Crippen MR) is 155 cm³/mol. The van der Waals surface area contributed by atoms with Crippen molar-refractivity contribution in [1.82, 2.24) is 34.7 Å². The lowest BCUT2D eigenvalue weighted by Crippen LogP contribution is -2.50. The summed E-state index contributed by atoms with van der Waals surface area (Å²) in [6.07, 6.45) is 1.87. The molecule has 1 aliphatic heterocycles. The normalized spacial score (nSPS) is 15.3. The van der Waals surface area contributed by atoms with Gasteiger partial charge in [0.15, 0.2) is 4.93 Å². The number of hydrogen-bond acceptors (Lipinski definition) is 9. The average molecular weight is 583 g/mol. The summed E-state index contributed by atoms with van der Waals surface area (Å²) in [7, 11) is 0. The first-order valence-corrected chi connectivity index (χ1v) is 14.4. The molecule has 1 amide bonds. The van der Waals surface area contributed by atoms with Crippen LogP contribution in [0.25, 0.3) is 22.3 Å². The van der Waals surface area contributed by atoms with E-state index in [1.165, 1.54) is 17.8 Å². The van der Waals surface area contributed by atoms with Gasteiger partial charge in [-0.3, -0.25) is 4.90 Å². The van der Waals surface area contributed by atoms with E-state index in [4.69, 9.17) is 4.74 Å². The van der Waals surface area contributed by atoms with Gasteiger partial charge in [0.25, 0.3) is 6.43 Å². The summed E-state index contributed by atoms with van der Waals surface area (Å²) < 4.78 is 31.8. The molecule has 216 valence electrons. The zero-order chi connectivity index (χ0) is 29.1. The maximum atomic E-state index is 13.1. The van der Waals surface area contributed by atoms with Crippen LogP contribution in [0.2, 0.25) is 0 Å². The number of fused-ring (bicyclic) bond motifs is 1. The Hall–Kier alpha value is -3.84. The number of hydrogen-bond donors (Lipinski definition) is 2. The van der Waals surface area contributed by atoms with E-state index < -0.39 is 11.4 Å². The van der Waals surface area contributed by atoms with Crippen LogP contribution in [0, 0.1) is 0 Å². The fourth-order valence-electron chi connectivity index (χ4n) is 4.59. The van der Waals surface area contributed by atoms with Gasteiger partial charge in [0.1, 0.15) is 17.8 Å². The van der Waals surface area contributed by atoms with Crippen LogP contribution in [0.3, 0.4) is 0 Å². The number of nitrogens with one attached hydrogen (secondary N) is 2. The van der Waals surface area contributed by atoms with Crippen molar-refractivity contribution >= 4 is 40.7 Å². The highest BCUT2D eigenvalue weighted by Gasteiger charge is 2.29. The molecule has 0 aliphatic carbocycles. The molecule has 3 aromatic heterocycles. The Bertz CT molecular complexity index is 1520. The fourth-order valence-corrected chi connectivity index (χ4v) is 4.75. The van der Waals surface area contributed by atoms with Crippen molar-refractivity contribution in [2.24, 2.45) is 0 Å². The van der Waals surface area contributed by atoms with E-state index in [0.29, 0.717) is 41.6 Å². The molecule has 1 aromatic carbocycles. The third kappa shape index (κ3) is 6.73. The molecule has 13 heteroatoms. The molecule has 4 heterocycles. The largest absolute Gasteiger partial charge is 0.432 e. The van der Waals surface area contributed by atoms with E-state index in [-0.39, 0.29) is 17.8 Å². The number of aromatic nitrogens is 5. The monoisotopic (exact) mass is 582 g/mol. The highest BCUT2D eigenvalue weighted by atomic mass is 32.2. The minimum atomic E-state index is -2.67. The number of carbonyl (C=O) groups excluding carboxylic acids is 1. The number of H-pyrrole nitrogens is 1. The first-order valence-electron chi connectivity index (χ1n) is 13.2. The van der Waals surface area contributed by atoms with Gasteiger partial charge in [-0.05, 0) is 62.9 Å². The maximum absolute atomic E-state index is 13.1. The van der Waals surface area contributed by atoms with Gasteiger partial charge in [-0.2, -0.15) is 0 Å². The van der Waals surface area contributed by atoms with Gasteiger partial charge in [-0.15, -0.1) is 11.8 Å². The molecule has 1 aliphatic rings. The third-order valence-corrected chi connectivity index (χ3v) is 8.21. The molecule has 0 radical (unpaired) electrons. The molecular weight excluding hydrogens is 550 g/mol. The number of pyridine rings is 1. The quantitative estimate of drug-likeness (QED) is 0.241. The molecule has 41 heavy (non-hydrogen) atoms. The molecule has 4 aromatic rings. The highest BCUT2D eigenvalue weighted by Crippen LogP contribution is 2.28. The lowest BCUT2D eigenvalue weighted by molar-refractivity contribution is 0.0395. The summed E-state index contributed by atoms with van der Waals surface area (Å²) in [5.41, 5.74) is 3.28. The number of nitrogens with zero attached hydrogens (tertiary/aromatic N) is 6. The Morgan fingerprint density at radius 3 is 2.61 bits per heavy atom. The van der Waals surface area contributed by atoms with Gasteiger partial charge in [0.2, 0.25) is 5.95 Å². The average Bonchev–Trinajstić information content (AvgIpc) is 3.38. The molecule has 1 saturated heterocycles. The molecule has 5 rings (SSSR count). The van der Waals surface area contributed by atoms with Crippen molar-refractivity contribution in [1.29, 1.82) is 0 Å². The van der Waals surface area contributed by atoms with Gasteiger partial charge >= 0.3 is 6.09 Å². The smallest absolute Gasteiger partial charge is 0.411 e. The summed E-state index contributed by atoms with van der Waals surface area (Å²) in [4.78, 5) is 36.1. The second-order valence-corrected chi connectivity index (χ2v) is 11.6. The molecule has 0 bridgehead atoms. The number of piperazine rings is 1. The summed E-state index contributed by atoms with van der Waals surface area (Å²) in [5.74, 6) is 1.14. The molecule has 1 unspecified atom stereocenters. The fraction of sp³-hybridized carbons (Fsp3) is 0.393. The van der Waals surface area contributed by atoms with Crippen LogP contribution < -0.4 is 5.32 Å². The standard InChI is InChI=1S/C28H32F2N8O2S/c1-17(37-9-11-38(12-10-37)27(39)40-28(2,3)41-4)18-7-8-31-24(14-18)36-26-34-20-6-5-19(13-22(20)35-26)21-15-23(25(29)30)33-16-32-21/h5-8,13-17,25H,9-12H2,1-4H3,(H2,31,34,35,36). The van der Waals surface area contributed by atoms with E-state index in [2.05, 4.69) is 42.1 Å². The van der Waals surface area contributed by atoms with Crippen LogP contribution in [0.5, 0.6) is 0 Å². The molecule has 2 N–H and O–H groups in total. The minimum Gasteiger partial charge on any atom is -0.432 e. The van der Waals surface area contributed by atoms with Crippen LogP contribution in [0.15, 0.2) is 48.9 Å². The Balaban J connectivity index is 1.24. The van der Waals surface area contributed by atoms with Crippen molar-refractivity contribution in [3.8, 4) is 11.3 Å². The summed E-state index contributed by atoms with van der Waals surface area (Å²) in [6.45, 7) is 8.58. The second-order valence-electron chi connectivity index (χ2n) is 10.2. The minimum absolute atomic E-state index is 0.114. The zero-order valence-electron chi connectivity index (χ0n) is 23.3. The van der Waals surface area contributed by atoms with Crippen molar-refractivity contribution < 1.29 is 18.3 Å². The van der Waals surface area contributed by atoms with E-state index in [0.717, 1.165) is 30.5 Å². The first-order chi connectivity index (χ1) is 19.6. The Morgan fingerprint density at radius 1 is 1.10 bits per heavy atom. The Morgan fingerprint density at radius 2 is 1.88 bits per heavy atom. The van der Waals surface area contributed by atoms with Crippen molar-refractivity contribution in [3.05, 3.63) is 60.2 Å². The van der Waals surface area contributed by atoms with Gasteiger partial charge in [-0.25, -0.2) is 33.5 Å². The van der Waals surface area contributed by atoms with E-state index in [9.17, 15) is 13.6 Å². The van der Waals surface area contributed by atoms with E-state index in [1.807, 2.05) is 38.3 Å². The molecule has 0 saturated carbocycles. The van der Waals surface area contributed by atoms with Gasteiger partial charge in [0, 0.05) is 44.0 Å². The van der Waals surface area contributed by atoms with E-state index >= 15 is 0 Å². The van der Waals surface area contributed by atoms with Crippen LogP contribution in [0.4, 0.5) is 25.3 Å². The van der Waals surface area contributed by atoms with Gasteiger partial charge < -0.3 is 19.9 Å². The number of carbonyl (C=O) groups is 1. The number of rotatable bonds is 8. The maximum Gasteiger partial charge on any atom is 0.411 e. The third-order valence-electron chi connectivity index (χ3n) is 7.15. The summed E-state index contributed by atoms with van der Waals surface area (Å²) in [6, 6.07) is 10.8. The zero-order valence-corrected chi connectivity index (χ0v) is 24.1. The lowest BCUT2D eigenvalue weighted by atomic mass is 10.1. The van der Waals surface area contributed by atoms with Crippen molar-refractivity contribution in [2.75, 3.05) is 37.8 Å². The van der Waals surface area contributed by atoms with Gasteiger partial charge in [0.05, 0.1) is 16.7 Å². The summed E-state index contributed by atoms with van der Waals surface area (Å²) >= 11 is 1.50. The lowest BCUT2D eigenvalue weighted by Gasteiger charge is -2.38. The van der Waals surface area contributed by atoms with Gasteiger partial charge in [-0.1, -0.05) is 6.07 Å². The number of anilines is 2. The number of halogens is 2. The van der Waals surface area contributed by atoms with Crippen LogP contribution in [0.1, 0.15) is 44.5 Å². The molecule has 0 spiro atoms. The first kappa shape index (κ1) is 28.7. The number of imidazole rings is 1. The number of alkyl halides is 2. The highest BCUT2D eigenvalue weighted by molar-refractivity contribution is 7.99. The number of aromatic amines is 1. The number of amides is 1. The molecule has 1 fully saturated rings. The number of ether oxygens (including phenoxy) is 1. The molecular formula is C28H32F2N8O2S. The second kappa shape index (κ2) is 12.0. The van der Waals surface area contributed by atoms with Crippen molar-refractivity contribution in [2.45, 2.75) is 38.2 Å². The molecule has 10 nitrogen and oxygen atoms in total. The Kier molecular flexibility index (Phi) is 8.36.